The van der Waals surface area contributed by atoms with E-state index in [0.717, 1.165) is 0 Å². The van der Waals surface area contributed by atoms with Gasteiger partial charge in [-0.05, 0) is 43.2 Å². The van der Waals surface area contributed by atoms with E-state index in [-0.39, 0.29) is 12.1 Å². The van der Waals surface area contributed by atoms with Crippen LogP contribution in [0.3, 0.4) is 0 Å². The van der Waals surface area contributed by atoms with E-state index in [4.69, 9.17) is 16.3 Å². The van der Waals surface area contributed by atoms with Crippen molar-refractivity contribution in [3.8, 4) is 0 Å². The van der Waals surface area contributed by atoms with Crippen molar-refractivity contribution in [2.75, 3.05) is 31.7 Å². The number of amides is 2. The van der Waals surface area contributed by atoms with Crippen LogP contribution in [0.1, 0.15) is 30.9 Å². The Morgan fingerprint density at radius 3 is 2.42 bits per heavy atom. The van der Waals surface area contributed by atoms with Crippen molar-refractivity contribution in [1.29, 1.82) is 0 Å². The van der Waals surface area contributed by atoms with Crippen molar-refractivity contribution in [2.45, 2.75) is 25.3 Å². The Kier molecular flexibility index (Phi) is 6.28. The van der Waals surface area contributed by atoms with Crippen LogP contribution in [0.25, 0.3) is 5.76 Å². The fourth-order valence-electron chi connectivity index (χ4n) is 4.73. The number of methoxy groups -OCH3 is 1. The van der Waals surface area contributed by atoms with Crippen molar-refractivity contribution >= 4 is 40.6 Å². The number of halogens is 1. The average molecular weight is 469 g/mol. The molecule has 1 fully saturated rings. The van der Waals surface area contributed by atoms with Gasteiger partial charge in [0.2, 0.25) is 0 Å². The van der Waals surface area contributed by atoms with Gasteiger partial charge in [0, 0.05) is 43.0 Å². The van der Waals surface area contributed by atoms with E-state index in [0.29, 0.717) is 47.8 Å². The molecule has 1 N–H and O–H groups in total. The molecular weight excluding hydrogens is 444 g/mol. The lowest BCUT2D eigenvalue weighted by molar-refractivity contribution is -0.143. The fraction of sp³-hybridized carbons (Fsp3) is 0.320. The van der Waals surface area contributed by atoms with Gasteiger partial charge in [0.25, 0.3) is 17.6 Å². The number of anilines is 1. The maximum Gasteiger partial charge on any atom is 0.296 e. The number of ether oxygens (including phenoxy) is 1. The van der Waals surface area contributed by atoms with Gasteiger partial charge in [-0.2, -0.15) is 0 Å². The molecule has 1 atom stereocenters. The van der Waals surface area contributed by atoms with Crippen LogP contribution in [0.4, 0.5) is 5.69 Å². The van der Waals surface area contributed by atoms with Crippen LogP contribution in [0.2, 0.25) is 5.02 Å². The second kappa shape index (κ2) is 9.00. The smallest absolute Gasteiger partial charge is 0.296 e. The topological polar surface area (TPSA) is 87.2 Å². The average Bonchev–Trinajstić information content (AvgIpc) is 3.19. The Balaban J connectivity index is 2.01. The zero-order chi connectivity index (χ0) is 23.8. The summed E-state index contributed by atoms with van der Waals surface area (Å²) in [5, 5.41) is 11.8. The van der Waals surface area contributed by atoms with Gasteiger partial charge in [-0.1, -0.05) is 36.7 Å². The molecule has 2 heterocycles. The van der Waals surface area contributed by atoms with Gasteiger partial charge in [0.1, 0.15) is 5.76 Å². The zero-order valence-corrected chi connectivity index (χ0v) is 19.3. The highest BCUT2D eigenvalue weighted by Gasteiger charge is 2.66. The predicted octanol–water partition coefficient (Wildman–Crippen LogP) is 3.71. The zero-order valence-electron chi connectivity index (χ0n) is 18.5. The van der Waals surface area contributed by atoms with E-state index < -0.39 is 28.9 Å². The third-order valence-corrected chi connectivity index (χ3v) is 6.36. The summed E-state index contributed by atoms with van der Waals surface area (Å²) >= 11 is 5.99. The maximum absolute atomic E-state index is 14.1. The van der Waals surface area contributed by atoms with Crippen LogP contribution in [0, 0.1) is 0 Å². The number of carbonyl (C=O) groups is 3. The maximum atomic E-state index is 14.1. The second-order valence-electron chi connectivity index (χ2n) is 8.05. The van der Waals surface area contributed by atoms with Crippen LogP contribution in [-0.2, 0) is 24.7 Å². The summed E-state index contributed by atoms with van der Waals surface area (Å²) in [4.78, 5) is 43.6. The number of Topliss-reactive ketones (excluding diaryl/α,β-unsaturated/α-hetero) is 1. The first-order valence-electron chi connectivity index (χ1n) is 10.9. The fourth-order valence-corrected chi connectivity index (χ4v) is 4.86. The SMILES string of the molecule is CCCN1C(=O)C2(/C(=C(/O)c3ccc(Cl)cc3)C(=O)C(=O)N2CCCOC)c2ccccc21. The third-order valence-electron chi connectivity index (χ3n) is 6.10. The van der Waals surface area contributed by atoms with E-state index in [1.165, 1.54) is 4.90 Å². The lowest BCUT2D eigenvalue weighted by Crippen LogP contribution is -2.52. The summed E-state index contributed by atoms with van der Waals surface area (Å²) in [6.45, 7) is 2.84. The Labute approximate surface area is 197 Å². The molecule has 2 aromatic rings. The van der Waals surface area contributed by atoms with Gasteiger partial charge in [-0.3, -0.25) is 14.4 Å². The number of aliphatic hydroxyl groups is 1. The third kappa shape index (κ3) is 3.43. The molecule has 2 aliphatic rings. The minimum atomic E-state index is -1.74. The number of carbonyl (C=O) groups excluding carboxylic acids is 3. The number of rotatable bonds is 7. The Morgan fingerprint density at radius 2 is 1.76 bits per heavy atom. The van der Waals surface area contributed by atoms with Gasteiger partial charge in [0.05, 0.1) is 11.3 Å². The van der Waals surface area contributed by atoms with Crippen LogP contribution in [0.5, 0.6) is 0 Å². The number of likely N-dealkylation sites (tertiary alicyclic amines) is 1. The van der Waals surface area contributed by atoms with Gasteiger partial charge < -0.3 is 19.6 Å². The molecule has 0 aromatic heterocycles. The molecule has 33 heavy (non-hydrogen) atoms. The van der Waals surface area contributed by atoms with Gasteiger partial charge in [0.15, 0.2) is 5.54 Å². The molecule has 1 spiro atoms. The lowest BCUT2D eigenvalue weighted by Gasteiger charge is -2.34. The van der Waals surface area contributed by atoms with Crippen LogP contribution >= 0.6 is 11.6 Å². The molecule has 0 bridgehead atoms. The molecule has 2 amide bonds. The summed E-state index contributed by atoms with van der Waals surface area (Å²) in [5.74, 6) is -2.53. The number of ketones is 1. The van der Waals surface area contributed by atoms with E-state index in [2.05, 4.69) is 0 Å². The number of benzene rings is 2. The second-order valence-corrected chi connectivity index (χ2v) is 8.48. The molecule has 0 saturated carbocycles. The highest BCUT2D eigenvalue weighted by atomic mass is 35.5. The molecule has 2 aromatic carbocycles. The first-order valence-corrected chi connectivity index (χ1v) is 11.2. The summed E-state index contributed by atoms with van der Waals surface area (Å²) < 4.78 is 5.13. The van der Waals surface area contributed by atoms with Crippen molar-refractivity contribution in [1.82, 2.24) is 4.90 Å². The molecular formula is C25H25ClN2O5. The van der Waals surface area contributed by atoms with Crippen molar-refractivity contribution in [3.05, 3.63) is 70.3 Å². The van der Waals surface area contributed by atoms with Crippen molar-refractivity contribution < 1.29 is 24.2 Å². The number of fused-ring (bicyclic) bond motifs is 2. The summed E-state index contributed by atoms with van der Waals surface area (Å²) in [7, 11) is 1.55. The number of aliphatic hydroxyl groups excluding tert-OH is 1. The molecule has 172 valence electrons. The highest BCUT2D eigenvalue weighted by Crippen LogP contribution is 2.53. The number of para-hydroxylation sites is 1. The molecule has 8 heteroatoms. The van der Waals surface area contributed by atoms with Gasteiger partial charge in [-0.15, -0.1) is 0 Å². The van der Waals surface area contributed by atoms with Crippen molar-refractivity contribution in [2.24, 2.45) is 0 Å². The van der Waals surface area contributed by atoms with Crippen LogP contribution in [-0.4, -0.2) is 54.4 Å². The van der Waals surface area contributed by atoms with E-state index in [1.54, 1.807) is 54.5 Å². The van der Waals surface area contributed by atoms with Crippen molar-refractivity contribution in [3.63, 3.8) is 0 Å². The molecule has 0 radical (unpaired) electrons. The standard InChI is InChI=1S/C25H25ClN2O5/c1-3-13-27-19-8-5-4-7-18(19)25(24(27)32)20(21(29)16-9-11-17(26)12-10-16)22(30)23(31)28(25)14-6-15-33-2/h4-5,7-12,29H,3,6,13-15H2,1-2H3/b21-20+. The first kappa shape index (κ1) is 23.0. The number of hydrogen-bond donors (Lipinski definition) is 1. The molecule has 2 aliphatic heterocycles. The summed E-state index contributed by atoms with van der Waals surface area (Å²) in [5.41, 5.74) is -0.519. The van der Waals surface area contributed by atoms with E-state index in [1.807, 2.05) is 13.0 Å². The van der Waals surface area contributed by atoms with Gasteiger partial charge >= 0.3 is 0 Å². The molecule has 1 unspecified atom stereocenters. The minimum Gasteiger partial charge on any atom is -0.507 e. The Bertz CT molecular complexity index is 1140. The number of nitrogens with zero attached hydrogens (tertiary/aromatic N) is 2. The van der Waals surface area contributed by atoms with Crippen LogP contribution < -0.4 is 4.90 Å². The summed E-state index contributed by atoms with van der Waals surface area (Å²) in [6, 6.07) is 13.4. The Morgan fingerprint density at radius 1 is 1.06 bits per heavy atom. The quantitative estimate of drug-likeness (QED) is 0.290. The van der Waals surface area contributed by atoms with Crippen LogP contribution in [0.15, 0.2) is 54.1 Å². The Hall–Kier alpha value is -3.16. The molecule has 0 aliphatic carbocycles. The molecule has 4 rings (SSSR count). The molecule has 7 nitrogen and oxygen atoms in total. The van der Waals surface area contributed by atoms with Gasteiger partial charge in [-0.25, -0.2) is 0 Å². The monoisotopic (exact) mass is 468 g/mol. The lowest BCUT2D eigenvalue weighted by atomic mass is 9.82. The highest BCUT2D eigenvalue weighted by molar-refractivity contribution is 6.50. The minimum absolute atomic E-state index is 0.121. The van der Waals surface area contributed by atoms with E-state index >= 15 is 0 Å². The predicted molar refractivity (Wildman–Crippen MR) is 125 cm³/mol. The first-order chi connectivity index (χ1) is 15.9. The van der Waals surface area contributed by atoms with E-state index in [9.17, 15) is 19.5 Å². The number of hydrogen-bond acceptors (Lipinski definition) is 5. The largest absolute Gasteiger partial charge is 0.507 e. The normalized spacial score (nSPS) is 21.4. The summed E-state index contributed by atoms with van der Waals surface area (Å²) in [6.07, 6.45) is 1.11. The molecule has 1 saturated heterocycles.